The number of benzene rings is 2. The van der Waals surface area contributed by atoms with Crippen molar-refractivity contribution in [2.24, 2.45) is 0 Å². The van der Waals surface area contributed by atoms with Gasteiger partial charge in [-0.1, -0.05) is 23.9 Å². The number of nitrogens with two attached hydrogens (primary N) is 1. The van der Waals surface area contributed by atoms with Crippen LogP contribution in [-0.4, -0.2) is 0 Å². The van der Waals surface area contributed by atoms with Gasteiger partial charge in [-0.2, -0.15) is 0 Å². The Bertz CT molecular complexity index is 588. The second-order valence-electron chi connectivity index (χ2n) is 4.85. The number of nitrogen functional groups attached to an aromatic ring is 1. The third-order valence-electron chi connectivity index (χ3n) is 3.19. The van der Waals surface area contributed by atoms with E-state index in [1.54, 1.807) is 11.8 Å². The molecular weight excluding hydrogens is 238 g/mol. The fraction of sp³-hybridized carbons (Fsp3) is 0.250. The molecule has 0 aromatic heterocycles. The number of hydrogen-bond acceptors (Lipinski definition) is 2. The molecule has 0 saturated heterocycles. The summed E-state index contributed by atoms with van der Waals surface area (Å²) in [7, 11) is 0. The van der Waals surface area contributed by atoms with E-state index in [1.807, 2.05) is 0 Å². The summed E-state index contributed by atoms with van der Waals surface area (Å²) < 4.78 is 0. The summed E-state index contributed by atoms with van der Waals surface area (Å²) in [6.07, 6.45) is 0. The maximum Gasteiger partial charge on any atom is 0.0458 e. The first-order chi connectivity index (χ1) is 8.47. The summed E-state index contributed by atoms with van der Waals surface area (Å²) in [4.78, 5) is 2.43. The van der Waals surface area contributed by atoms with Crippen LogP contribution in [0.3, 0.4) is 0 Å². The first-order valence-electron chi connectivity index (χ1n) is 6.09. The maximum absolute atomic E-state index is 6.11. The summed E-state index contributed by atoms with van der Waals surface area (Å²) in [6.45, 7) is 8.48. The molecular formula is C16H19NS. The van der Waals surface area contributed by atoms with Gasteiger partial charge < -0.3 is 5.73 Å². The zero-order chi connectivity index (χ0) is 13.3. The van der Waals surface area contributed by atoms with Gasteiger partial charge in [0.1, 0.15) is 0 Å². The van der Waals surface area contributed by atoms with E-state index in [2.05, 4.69) is 58.0 Å². The van der Waals surface area contributed by atoms with Gasteiger partial charge in [0, 0.05) is 15.5 Å². The summed E-state index contributed by atoms with van der Waals surface area (Å²) in [5.74, 6) is 0. The van der Waals surface area contributed by atoms with Crippen LogP contribution in [0.15, 0.2) is 40.1 Å². The molecule has 2 rings (SSSR count). The van der Waals surface area contributed by atoms with Crippen molar-refractivity contribution >= 4 is 17.4 Å². The number of rotatable bonds is 2. The fourth-order valence-corrected chi connectivity index (χ4v) is 2.96. The zero-order valence-corrected chi connectivity index (χ0v) is 12.2. The molecule has 2 heteroatoms. The van der Waals surface area contributed by atoms with E-state index in [4.69, 9.17) is 5.73 Å². The van der Waals surface area contributed by atoms with Gasteiger partial charge in [0.25, 0.3) is 0 Å². The van der Waals surface area contributed by atoms with Crippen molar-refractivity contribution in [1.29, 1.82) is 0 Å². The van der Waals surface area contributed by atoms with Crippen LogP contribution in [-0.2, 0) is 0 Å². The Morgan fingerprint density at radius 2 is 1.44 bits per heavy atom. The van der Waals surface area contributed by atoms with Gasteiger partial charge in [0.2, 0.25) is 0 Å². The van der Waals surface area contributed by atoms with E-state index >= 15 is 0 Å². The van der Waals surface area contributed by atoms with Crippen LogP contribution < -0.4 is 5.73 Å². The van der Waals surface area contributed by atoms with Crippen molar-refractivity contribution < 1.29 is 0 Å². The van der Waals surface area contributed by atoms with E-state index in [9.17, 15) is 0 Å². The van der Waals surface area contributed by atoms with Crippen LogP contribution in [0.4, 0.5) is 5.69 Å². The smallest absolute Gasteiger partial charge is 0.0458 e. The van der Waals surface area contributed by atoms with E-state index in [0.717, 1.165) is 10.6 Å². The molecule has 18 heavy (non-hydrogen) atoms. The molecule has 0 aliphatic heterocycles. The summed E-state index contributed by atoms with van der Waals surface area (Å²) in [5, 5.41) is 0. The molecule has 0 saturated carbocycles. The normalized spacial score (nSPS) is 10.7. The molecule has 2 aromatic rings. The van der Waals surface area contributed by atoms with Crippen LogP contribution >= 0.6 is 11.8 Å². The Morgan fingerprint density at radius 3 is 2.17 bits per heavy atom. The van der Waals surface area contributed by atoms with Gasteiger partial charge in [-0.05, 0) is 68.1 Å². The maximum atomic E-state index is 6.11. The average molecular weight is 257 g/mol. The van der Waals surface area contributed by atoms with Gasteiger partial charge in [0.15, 0.2) is 0 Å². The molecule has 2 N–H and O–H groups in total. The lowest BCUT2D eigenvalue weighted by Crippen LogP contribution is -1.92. The molecule has 0 amide bonds. The van der Waals surface area contributed by atoms with Crippen LogP contribution in [0.25, 0.3) is 0 Å². The van der Waals surface area contributed by atoms with E-state index < -0.39 is 0 Å². The minimum atomic E-state index is 0.865. The fourth-order valence-electron chi connectivity index (χ4n) is 1.84. The molecule has 0 bridgehead atoms. The van der Waals surface area contributed by atoms with Crippen molar-refractivity contribution in [3.63, 3.8) is 0 Å². The Labute approximate surface area is 113 Å². The van der Waals surface area contributed by atoms with Gasteiger partial charge in [-0.3, -0.25) is 0 Å². The SMILES string of the molecule is Cc1ccc(C)c(Sc2cc(C)c(C)cc2N)c1. The average Bonchev–Trinajstić information content (AvgIpc) is 2.30. The van der Waals surface area contributed by atoms with E-state index in [1.165, 1.54) is 27.1 Å². The van der Waals surface area contributed by atoms with Crippen molar-refractivity contribution in [2.45, 2.75) is 37.5 Å². The molecule has 0 atom stereocenters. The lowest BCUT2D eigenvalue weighted by atomic mass is 10.1. The third kappa shape index (κ3) is 2.70. The lowest BCUT2D eigenvalue weighted by molar-refractivity contribution is 1.24. The first-order valence-corrected chi connectivity index (χ1v) is 6.91. The van der Waals surface area contributed by atoms with Crippen LogP contribution in [0, 0.1) is 27.7 Å². The van der Waals surface area contributed by atoms with Crippen molar-refractivity contribution in [3.05, 3.63) is 52.6 Å². The number of aryl methyl sites for hydroxylation is 4. The van der Waals surface area contributed by atoms with Gasteiger partial charge >= 0.3 is 0 Å². The summed E-state index contributed by atoms with van der Waals surface area (Å²) in [6, 6.07) is 10.8. The van der Waals surface area contributed by atoms with E-state index in [-0.39, 0.29) is 0 Å². The topological polar surface area (TPSA) is 26.0 Å². The molecule has 0 fully saturated rings. The molecule has 0 aliphatic carbocycles. The van der Waals surface area contributed by atoms with Crippen LogP contribution in [0.5, 0.6) is 0 Å². The van der Waals surface area contributed by atoms with Crippen molar-refractivity contribution in [3.8, 4) is 0 Å². The Balaban J connectivity index is 2.40. The first kappa shape index (κ1) is 13.0. The highest BCUT2D eigenvalue weighted by molar-refractivity contribution is 7.99. The third-order valence-corrected chi connectivity index (χ3v) is 4.42. The Morgan fingerprint density at radius 1 is 0.778 bits per heavy atom. The molecule has 0 spiro atoms. The van der Waals surface area contributed by atoms with Crippen LogP contribution in [0.2, 0.25) is 0 Å². The van der Waals surface area contributed by atoms with Crippen LogP contribution in [0.1, 0.15) is 22.3 Å². The standard InChI is InChI=1S/C16H19NS/c1-10-5-6-11(2)15(7-10)18-16-9-13(4)12(3)8-14(16)17/h5-9H,17H2,1-4H3. The summed E-state index contributed by atoms with van der Waals surface area (Å²) >= 11 is 1.75. The molecule has 2 aromatic carbocycles. The Kier molecular flexibility index (Phi) is 3.67. The van der Waals surface area contributed by atoms with Gasteiger partial charge in [0.05, 0.1) is 0 Å². The van der Waals surface area contributed by atoms with Gasteiger partial charge in [-0.25, -0.2) is 0 Å². The predicted molar refractivity (Wildman–Crippen MR) is 80.4 cm³/mol. The van der Waals surface area contributed by atoms with E-state index in [0.29, 0.717) is 0 Å². The Hall–Kier alpha value is -1.41. The summed E-state index contributed by atoms with van der Waals surface area (Å²) in [5.41, 5.74) is 12.1. The van der Waals surface area contributed by atoms with Crippen molar-refractivity contribution in [1.82, 2.24) is 0 Å². The zero-order valence-electron chi connectivity index (χ0n) is 11.4. The van der Waals surface area contributed by atoms with Crippen molar-refractivity contribution in [2.75, 3.05) is 5.73 Å². The largest absolute Gasteiger partial charge is 0.398 e. The molecule has 1 nitrogen and oxygen atoms in total. The second kappa shape index (κ2) is 5.07. The highest BCUT2D eigenvalue weighted by Gasteiger charge is 2.07. The molecule has 94 valence electrons. The lowest BCUT2D eigenvalue weighted by Gasteiger charge is -2.11. The number of hydrogen-bond donors (Lipinski definition) is 1. The predicted octanol–water partition coefficient (Wildman–Crippen LogP) is 4.65. The van der Waals surface area contributed by atoms with Gasteiger partial charge in [-0.15, -0.1) is 0 Å². The monoisotopic (exact) mass is 257 g/mol. The molecule has 0 aliphatic rings. The molecule has 0 unspecified atom stereocenters. The number of anilines is 1. The highest BCUT2D eigenvalue weighted by atomic mass is 32.2. The second-order valence-corrected chi connectivity index (χ2v) is 5.93. The highest BCUT2D eigenvalue weighted by Crippen LogP contribution is 2.35. The molecule has 0 radical (unpaired) electrons. The minimum absolute atomic E-state index is 0.865. The molecule has 0 heterocycles. The quantitative estimate of drug-likeness (QED) is 0.792. The minimum Gasteiger partial charge on any atom is -0.398 e.